The fourth-order valence-electron chi connectivity index (χ4n) is 4.23. The quantitative estimate of drug-likeness (QED) is 0.397. The molecule has 3 rings (SSSR count). The van der Waals surface area contributed by atoms with Crippen molar-refractivity contribution in [1.29, 1.82) is 0 Å². The van der Waals surface area contributed by atoms with Crippen LogP contribution in [-0.2, 0) is 30.3 Å². The molecule has 1 aliphatic rings. The van der Waals surface area contributed by atoms with Gasteiger partial charge in [-0.05, 0) is 50.5 Å². The Morgan fingerprint density at radius 2 is 1.82 bits per heavy atom. The Morgan fingerprint density at radius 3 is 2.46 bits per heavy atom. The molecule has 210 valence electrons. The molecule has 2 heterocycles. The fourth-order valence-corrected chi connectivity index (χ4v) is 4.23. The third-order valence-electron chi connectivity index (χ3n) is 6.93. The van der Waals surface area contributed by atoms with Crippen LogP contribution in [0.3, 0.4) is 0 Å². The van der Waals surface area contributed by atoms with Crippen LogP contribution in [0.4, 0.5) is 0 Å². The van der Waals surface area contributed by atoms with E-state index in [1.807, 2.05) is 6.92 Å². The first-order chi connectivity index (χ1) is 18.5. The second-order valence-electron chi connectivity index (χ2n) is 9.81. The summed E-state index contributed by atoms with van der Waals surface area (Å²) in [5.74, 6) is -5.05. The Kier molecular flexibility index (Phi) is 10.00. The van der Waals surface area contributed by atoms with E-state index in [0.29, 0.717) is 12.0 Å². The zero-order valence-corrected chi connectivity index (χ0v) is 22.4. The molecule has 1 aliphatic heterocycles. The predicted molar refractivity (Wildman–Crippen MR) is 139 cm³/mol. The number of amides is 2. The lowest BCUT2D eigenvalue weighted by Crippen LogP contribution is -2.59. The molecule has 11 nitrogen and oxygen atoms in total. The lowest BCUT2D eigenvalue weighted by molar-refractivity contribution is -0.180. The number of nitrogens with one attached hydrogen (secondary N) is 2. The highest BCUT2D eigenvalue weighted by atomic mass is 16.6. The van der Waals surface area contributed by atoms with Crippen molar-refractivity contribution in [3.05, 3.63) is 59.9 Å². The highest BCUT2D eigenvalue weighted by Gasteiger charge is 2.41. The number of phenols is 1. The van der Waals surface area contributed by atoms with E-state index in [-0.39, 0.29) is 17.7 Å². The average Bonchev–Trinajstić information content (AvgIpc) is 2.92. The molecule has 4 N–H and O–H groups in total. The van der Waals surface area contributed by atoms with Gasteiger partial charge in [0, 0.05) is 18.3 Å². The highest BCUT2D eigenvalue weighted by Crippen LogP contribution is 2.22. The SMILES string of the molecule is CCC(C)C1OC(=O)[C@H](C)[C@H](O)[C@H](Cc2cccnc2)NC(=O)[C@@H](NC(=O)c2ccccc2O)[C@@H](C)OC1=O. The van der Waals surface area contributed by atoms with Gasteiger partial charge in [-0.2, -0.15) is 0 Å². The number of cyclic esters (lactones) is 2. The molecular formula is C28H35N3O8. The molecule has 0 radical (unpaired) electrons. The molecule has 1 fully saturated rings. The Morgan fingerprint density at radius 1 is 1.10 bits per heavy atom. The lowest BCUT2D eigenvalue weighted by Gasteiger charge is -2.34. The van der Waals surface area contributed by atoms with Crippen molar-refractivity contribution < 1.29 is 38.9 Å². The number of carbonyl (C=O) groups is 4. The number of hydrogen-bond donors (Lipinski definition) is 4. The maximum absolute atomic E-state index is 13.6. The van der Waals surface area contributed by atoms with Crippen LogP contribution >= 0.6 is 0 Å². The molecular weight excluding hydrogens is 506 g/mol. The third-order valence-corrected chi connectivity index (χ3v) is 6.93. The minimum Gasteiger partial charge on any atom is -0.507 e. The van der Waals surface area contributed by atoms with Gasteiger partial charge in [0.05, 0.1) is 23.6 Å². The number of aliphatic hydroxyl groups excluding tert-OH is 1. The number of aromatic hydroxyl groups is 1. The number of pyridine rings is 1. The molecule has 2 aromatic rings. The number of carbonyl (C=O) groups excluding carboxylic acids is 4. The molecule has 11 heteroatoms. The Balaban J connectivity index is 2.00. The Labute approximate surface area is 226 Å². The third kappa shape index (κ3) is 7.32. The number of aliphatic hydroxyl groups is 1. The monoisotopic (exact) mass is 541 g/mol. The van der Waals surface area contributed by atoms with Crippen LogP contribution in [-0.4, -0.2) is 69.3 Å². The van der Waals surface area contributed by atoms with E-state index in [4.69, 9.17) is 9.47 Å². The van der Waals surface area contributed by atoms with Crippen LogP contribution in [0.15, 0.2) is 48.8 Å². The van der Waals surface area contributed by atoms with E-state index in [1.165, 1.54) is 26.0 Å². The van der Waals surface area contributed by atoms with Gasteiger partial charge in [0.25, 0.3) is 5.91 Å². The summed E-state index contributed by atoms with van der Waals surface area (Å²) in [7, 11) is 0. The summed E-state index contributed by atoms with van der Waals surface area (Å²) in [6.45, 7) is 6.40. The number of rotatable bonds is 6. The first-order valence-corrected chi connectivity index (χ1v) is 12.9. The molecule has 7 atom stereocenters. The zero-order valence-electron chi connectivity index (χ0n) is 22.4. The van der Waals surface area contributed by atoms with Crippen molar-refractivity contribution in [3.8, 4) is 5.75 Å². The number of phenolic OH excluding ortho intramolecular Hbond substituents is 1. The number of aromatic nitrogens is 1. The maximum atomic E-state index is 13.6. The normalized spacial score (nSPS) is 27.2. The largest absolute Gasteiger partial charge is 0.507 e. The smallest absolute Gasteiger partial charge is 0.348 e. The summed E-state index contributed by atoms with van der Waals surface area (Å²) in [6, 6.07) is 6.85. The second-order valence-corrected chi connectivity index (χ2v) is 9.81. The van der Waals surface area contributed by atoms with E-state index < -0.39 is 66.0 Å². The standard InChI is InChI=1S/C28H35N3O8/c1-5-15(2)24-28(37)38-17(4)22(31-25(34)19-10-6-7-11-21(19)32)26(35)30-20(13-18-9-8-12-29-14-18)23(33)16(3)27(36)39-24/h6-12,14-17,20,22-24,32-33H,5,13H2,1-4H3,(H,30,35)(H,31,34)/t15?,16-,17-,20+,22+,23+,24?/m1/s1. The van der Waals surface area contributed by atoms with Crippen molar-refractivity contribution in [2.24, 2.45) is 11.8 Å². The first kappa shape index (κ1) is 29.6. The second kappa shape index (κ2) is 13.2. The van der Waals surface area contributed by atoms with E-state index >= 15 is 0 Å². The van der Waals surface area contributed by atoms with Crippen LogP contribution in [0, 0.1) is 11.8 Å². The Bertz CT molecular complexity index is 1170. The molecule has 2 unspecified atom stereocenters. The molecule has 39 heavy (non-hydrogen) atoms. The molecule has 2 amide bonds. The highest BCUT2D eigenvalue weighted by molar-refractivity contribution is 5.99. The summed E-state index contributed by atoms with van der Waals surface area (Å²) in [4.78, 5) is 56.7. The van der Waals surface area contributed by atoms with Gasteiger partial charge in [0.15, 0.2) is 0 Å². The van der Waals surface area contributed by atoms with E-state index in [9.17, 15) is 29.4 Å². The van der Waals surface area contributed by atoms with E-state index in [1.54, 1.807) is 43.6 Å². The van der Waals surface area contributed by atoms with Crippen LogP contribution in [0.5, 0.6) is 5.75 Å². The summed E-state index contributed by atoms with van der Waals surface area (Å²) in [6.07, 6.45) is -0.149. The predicted octanol–water partition coefficient (Wildman–Crippen LogP) is 1.51. The van der Waals surface area contributed by atoms with Crippen molar-refractivity contribution in [3.63, 3.8) is 0 Å². The number of hydrogen-bond acceptors (Lipinski definition) is 9. The van der Waals surface area contributed by atoms with Crippen molar-refractivity contribution in [2.75, 3.05) is 0 Å². The van der Waals surface area contributed by atoms with Gasteiger partial charge >= 0.3 is 11.9 Å². The average molecular weight is 542 g/mol. The minimum atomic E-state index is -1.41. The minimum absolute atomic E-state index is 0.0816. The van der Waals surface area contributed by atoms with Gasteiger partial charge in [-0.15, -0.1) is 0 Å². The molecule has 1 saturated heterocycles. The summed E-state index contributed by atoms with van der Waals surface area (Å²) in [5.41, 5.74) is 0.600. The molecule has 0 saturated carbocycles. The van der Waals surface area contributed by atoms with Gasteiger partial charge < -0.3 is 30.3 Å². The first-order valence-electron chi connectivity index (χ1n) is 12.9. The topological polar surface area (TPSA) is 164 Å². The Hall–Kier alpha value is -3.99. The molecule has 1 aromatic heterocycles. The van der Waals surface area contributed by atoms with Gasteiger partial charge in [-0.25, -0.2) is 4.79 Å². The molecule has 0 bridgehead atoms. The van der Waals surface area contributed by atoms with Crippen LogP contribution < -0.4 is 10.6 Å². The number of para-hydroxylation sites is 1. The summed E-state index contributed by atoms with van der Waals surface area (Å²) < 4.78 is 11.1. The maximum Gasteiger partial charge on any atom is 0.348 e. The van der Waals surface area contributed by atoms with Crippen molar-refractivity contribution in [2.45, 2.75) is 70.9 Å². The van der Waals surface area contributed by atoms with Crippen molar-refractivity contribution >= 4 is 23.8 Å². The lowest BCUT2D eigenvalue weighted by atomic mass is 9.92. The summed E-state index contributed by atoms with van der Waals surface area (Å²) >= 11 is 0. The van der Waals surface area contributed by atoms with Gasteiger partial charge in [-0.3, -0.25) is 19.4 Å². The van der Waals surface area contributed by atoms with Crippen LogP contribution in [0.2, 0.25) is 0 Å². The number of ether oxygens (including phenoxy) is 2. The summed E-state index contributed by atoms with van der Waals surface area (Å²) in [5, 5.41) is 26.6. The van der Waals surface area contributed by atoms with E-state index in [2.05, 4.69) is 15.6 Å². The fraction of sp³-hybridized carbons (Fsp3) is 0.464. The van der Waals surface area contributed by atoms with Gasteiger partial charge in [-0.1, -0.05) is 32.0 Å². The number of benzene rings is 1. The molecule has 0 aliphatic carbocycles. The number of nitrogens with zero attached hydrogens (tertiary/aromatic N) is 1. The zero-order chi connectivity index (χ0) is 28.7. The number of esters is 2. The van der Waals surface area contributed by atoms with Crippen LogP contribution in [0.25, 0.3) is 0 Å². The van der Waals surface area contributed by atoms with E-state index in [0.717, 1.165) is 0 Å². The van der Waals surface area contributed by atoms with Crippen molar-refractivity contribution in [1.82, 2.24) is 15.6 Å². The van der Waals surface area contributed by atoms with Crippen LogP contribution in [0.1, 0.15) is 50.0 Å². The molecule has 0 spiro atoms. The van der Waals surface area contributed by atoms with Gasteiger partial charge in [0.1, 0.15) is 17.9 Å². The van der Waals surface area contributed by atoms with Gasteiger partial charge in [0.2, 0.25) is 12.0 Å². The molecule has 1 aromatic carbocycles.